The summed E-state index contributed by atoms with van der Waals surface area (Å²) in [5, 5.41) is 10.6. The Hall–Kier alpha value is -3.56. The average Bonchev–Trinajstić information content (AvgIpc) is 3.69. The second-order valence-electron chi connectivity index (χ2n) is 11.0. The fraction of sp³-hybridized carbons (Fsp3) is 0.467. The lowest BCUT2D eigenvalue weighted by Gasteiger charge is -2.21. The van der Waals surface area contributed by atoms with Gasteiger partial charge in [0.2, 0.25) is 0 Å². The number of carbonyl (C=O) groups is 1. The SMILES string of the molecule is C[C@H]1CCCN1Cc1nc2ccc(NC(=O)c3ccc(-c4nc(CCCC5CCNCC5)no4)cc3)cc2[nH]1. The summed E-state index contributed by atoms with van der Waals surface area (Å²) in [6, 6.07) is 13.7. The number of nitrogens with one attached hydrogen (secondary N) is 3. The number of carbonyl (C=O) groups excluding carboxylic acids is 1. The summed E-state index contributed by atoms with van der Waals surface area (Å²) < 4.78 is 5.50. The van der Waals surface area contributed by atoms with Crippen LogP contribution in [-0.2, 0) is 13.0 Å². The molecule has 2 aromatic heterocycles. The zero-order chi connectivity index (χ0) is 26.6. The molecular formula is C30H37N7O2. The molecule has 0 spiro atoms. The molecule has 2 saturated heterocycles. The van der Waals surface area contributed by atoms with Crippen LogP contribution in [0.2, 0.25) is 0 Å². The normalized spacial score (nSPS) is 18.6. The Morgan fingerprint density at radius 1 is 1.10 bits per heavy atom. The third-order valence-electron chi connectivity index (χ3n) is 8.17. The second-order valence-corrected chi connectivity index (χ2v) is 11.0. The molecule has 9 nitrogen and oxygen atoms in total. The fourth-order valence-electron chi connectivity index (χ4n) is 5.79. The number of amides is 1. The van der Waals surface area contributed by atoms with E-state index in [1.54, 1.807) is 12.1 Å². The van der Waals surface area contributed by atoms with Crippen molar-refractivity contribution >= 4 is 22.6 Å². The zero-order valence-electron chi connectivity index (χ0n) is 22.6. The number of aryl methyl sites for hydroxylation is 1. The number of piperidine rings is 1. The minimum atomic E-state index is -0.171. The summed E-state index contributed by atoms with van der Waals surface area (Å²) in [5.41, 5.74) is 3.93. The minimum absolute atomic E-state index is 0.171. The van der Waals surface area contributed by atoms with Crippen LogP contribution < -0.4 is 10.6 Å². The van der Waals surface area contributed by atoms with E-state index in [9.17, 15) is 4.79 Å². The maximum Gasteiger partial charge on any atom is 0.257 e. The van der Waals surface area contributed by atoms with E-state index in [0.717, 1.165) is 78.9 Å². The lowest BCUT2D eigenvalue weighted by molar-refractivity contribution is 0.102. The van der Waals surface area contributed by atoms with Crippen molar-refractivity contribution in [1.29, 1.82) is 0 Å². The van der Waals surface area contributed by atoms with Gasteiger partial charge in [0.25, 0.3) is 11.8 Å². The van der Waals surface area contributed by atoms with Crippen LogP contribution in [0.5, 0.6) is 0 Å². The standard InChI is InChI=1S/C30H37N7O2/c1-20-4-3-17-37(20)19-28-33-25-12-11-24(18-26(25)34-28)32-29(38)22-7-9-23(10-8-22)30-35-27(36-39-30)6-2-5-21-13-15-31-16-14-21/h7-12,18,20-21,31H,2-6,13-17,19H2,1H3,(H,32,38)(H,33,34)/t20-/m0/s1. The molecule has 2 aromatic carbocycles. The molecule has 2 fully saturated rings. The molecule has 0 saturated carbocycles. The van der Waals surface area contributed by atoms with Gasteiger partial charge in [-0.1, -0.05) is 5.16 Å². The van der Waals surface area contributed by atoms with Crippen LogP contribution in [0.1, 0.15) is 67.5 Å². The number of hydrogen-bond acceptors (Lipinski definition) is 7. The molecule has 0 bridgehead atoms. The van der Waals surface area contributed by atoms with Gasteiger partial charge in [-0.3, -0.25) is 9.69 Å². The Labute approximate surface area is 228 Å². The van der Waals surface area contributed by atoms with Gasteiger partial charge in [0.1, 0.15) is 5.82 Å². The Morgan fingerprint density at radius 2 is 1.95 bits per heavy atom. The monoisotopic (exact) mass is 527 g/mol. The Kier molecular flexibility index (Phi) is 7.69. The highest BCUT2D eigenvalue weighted by Crippen LogP contribution is 2.24. The van der Waals surface area contributed by atoms with Gasteiger partial charge in [-0.2, -0.15) is 4.98 Å². The molecule has 6 rings (SSSR count). The molecule has 1 atom stereocenters. The minimum Gasteiger partial charge on any atom is -0.341 e. The van der Waals surface area contributed by atoms with Gasteiger partial charge >= 0.3 is 0 Å². The fourth-order valence-corrected chi connectivity index (χ4v) is 5.79. The number of imidazole rings is 1. The van der Waals surface area contributed by atoms with Crippen molar-refractivity contribution in [1.82, 2.24) is 30.3 Å². The Bertz CT molecular complexity index is 1400. The van der Waals surface area contributed by atoms with Gasteiger partial charge in [0, 0.05) is 29.3 Å². The molecule has 0 aliphatic carbocycles. The number of benzene rings is 2. The first-order chi connectivity index (χ1) is 19.1. The van der Waals surface area contributed by atoms with Crippen LogP contribution in [0.4, 0.5) is 5.69 Å². The summed E-state index contributed by atoms with van der Waals surface area (Å²) in [6.07, 6.45) is 8.11. The van der Waals surface area contributed by atoms with Crippen LogP contribution in [0.3, 0.4) is 0 Å². The maximum atomic E-state index is 12.9. The third-order valence-corrected chi connectivity index (χ3v) is 8.17. The zero-order valence-corrected chi connectivity index (χ0v) is 22.6. The highest BCUT2D eigenvalue weighted by molar-refractivity contribution is 6.05. The highest BCUT2D eigenvalue weighted by Gasteiger charge is 2.21. The molecule has 9 heteroatoms. The first-order valence-corrected chi connectivity index (χ1v) is 14.3. The quantitative estimate of drug-likeness (QED) is 0.275. The Balaban J connectivity index is 1.04. The predicted octanol–water partition coefficient (Wildman–Crippen LogP) is 5.17. The van der Waals surface area contributed by atoms with Crippen LogP contribution in [-0.4, -0.2) is 56.6 Å². The van der Waals surface area contributed by atoms with Crippen LogP contribution in [0.15, 0.2) is 47.0 Å². The van der Waals surface area contributed by atoms with Crippen LogP contribution in [0.25, 0.3) is 22.5 Å². The van der Waals surface area contributed by atoms with Crippen molar-refractivity contribution in [3.8, 4) is 11.5 Å². The molecule has 0 radical (unpaired) electrons. The molecule has 4 aromatic rings. The number of hydrogen-bond donors (Lipinski definition) is 3. The predicted molar refractivity (Wildman–Crippen MR) is 151 cm³/mol. The van der Waals surface area contributed by atoms with Crippen molar-refractivity contribution in [2.24, 2.45) is 5.92 Å². The van der Waals surface area contributed by atoms with Gasteiger partial charge in [-0.25, -0.2) is 4.98 Å². The van der Waals surface area contributed by atoms with E-state index in [4.69, 9.17) is 9.51 Å². The summed E-state index contributed by atoms with van der Waals surface area (Å²) in [4.78, 5) is 28.1. The summed E-state index contributed by atoms with van der Waals surface area (Å²) >= 11 is 0. The third kappa shape index (κ3) is 6.20. The number of nitrogens with zero attached hydrogens (tertiary/aromatic N) is 4. The highest BCUT2D eigenvalue weighted by atomic mass is 16.5. The van der Waals surface area contributed by atoms with E-state index < -0.39 is 0 Å². The molecule has 39 heavy (non-hydrogen) atoms. The van der Waals surface area contributed by atoms with Crippen LogP contribution in [0, 0.1) is 5.92 Å². The molecule has 3 N–H and O–H groups in total. The van der Waals surface area contributed by atoms with E-state index >= 15 is 0 Å². The van der Waals surface area contributed by atoms with E-state index in [0.29, 0.717) is 17.5 Å². The van der Waals surface area contributed by atoms with Gasteiger partial charge < -0.3 is 20.1 Å². The smallest absolute Gasteiger partial charge is 0.257 e. The van der Waals surface area contributed by atoms with E-state index in [1.165, 1.54) is 32.1 Å². The molecule has 1 amide bonds. The van der Waals surface area contributed by atoms with Crippen molar-refractivity contribution in [2.75, 3.05) is 25.0 Å². The topological polar surface area (TPSA) is 112 Å². The number of fused-ring (bicyclic) bond motifs is 1. The maximum absolute atomic E-state index is 12.9. The average molecular weight is 528 g/mol. The van der Waals surface area contributed by atoms with E-state index in [1.807, 2.05) is 30.3 Å². The Morgan fingerprint density at radius 3 is 2.74 bits per heavy atom. The van der Waals surface area contributed by atoms with Gasteiger partial charge in [0.05, 0.1) is 17.6 Å². The first-order valence-electron chi connectivity index (χ1n) is 14.3. The molecule has 2 aliphatic heterocycles. The van der Waals surface area contributed by atoms with Crippen LogP contribution >= 0.6 is 0 Å². The number of aromatic nitrogens is 4. The summed E-state index contributed by atoms with van der Waals surface area (Å²) in [6.45, 7) is 6.47. The number of anilines is 1. The number of H-pyrrole nitrogens is 1. The molecule has 0 unspecified atom stereocenters. The van der Waals surface area contributed by atoms with Crippen molar-refractivity contribution in [2.45, 2.75) is 64.5 Å². The van der Waals surface area contributed by atoms with E-state index in [-0.39, 0.29) is 5.91 Å². The second kappa shape index (κ2) is 11.7. The lowest BCUT2D eigenvalue weighted by Crippen LogP contribution is -2.27. The molecular weight excluding hydrogens is 490 g/mol. The summed E-state index contributed by atoms with van der Waals surface area (Å²) in [7, 11) is 0. The van der Waals surface area contributed by atoms with Gasteiger partial charge in [0.15, 0.2) is 5.82 Å². The van der Waals surface area contributed by atoms with Crippen molar-refractivity contribution < 1.29 is 9.32 Å². The molecule has 2 aliphatic rings. The van der Waals surface area contributed by atoms with Gasteiger partial charge in [-0.15, -0.1) is 0 Å². The largest absolute Gasteiger partial charge is 0.341 e. The van der Waals surface area contributed by atoms with Gasteiger partial charge in [-0.05, 0) is 113 Å². The number of aromatic amines is 1. The molecule has 4 heterocycles. The number of rotatable bonds is 9. The molecule has 204 valence electrons. The summed E-state index contributed by atoms with van der Waals surface area (Å²) in [5.74, 6) is 2.83. The van der Waals surface area contributed by atoms with E-state index in [2.05, 4.69) is 37.6 Å². The number of likely N-dealkylation sites (tertiary alicyclic amines) is 1. The lowest BCUT2D eigenvalue weighted by atomic mass is 9.92. The van der Waals surface area contributed by atoms with Crippen molar-refractivity contribution in [3.63, 3.8) is 0 Å². The van der Waals surface area contributed by atoms with Crippen molar-refractivity contribution in [3.05, 3.63) is 59.7 Å². The first kappa shape index (κ1) is 25.7.